The van der Waals surface area contributed by atoms with Crippen molar-refractivity contribution < 1.29 is 12.6 Å². The molecule has 1 aliphatic heterocycles. The van der Waals surface area contributed by atoms with E-state index in [-0.39, 0.29) is 0 Å². The lowest BCUT2D eigenvalue weighted by atomic mass is 10.00. The predicted molar refractivity (Wildman–Crippen MR) is 51.0 cm³/mol. The van der Waals surface area contributed by atoms with Gasteiger partial charge in [0.15, 0.2) is 0 Å². The van der Waals surface area contributed by atoms with Gasteiger partial charge in [0, 0.05) is 6.54 Å². The largest absolute Gasteiger partial charge is 0.306 e. The Hall–Kier alpha value is -0.130. The van der Waals surface area contributed by atoms with Crippen LogP contribution in [0, 0.1) is 5.92 Å². The highest BCUT2D eigenvalue weighted by atomic mass is 32.2. The van der Waals surface area contributed by atoms with Crippen LogP contribution in [0.15, 0.2) is 0 Å². The first kappa shape index (κ1) is 10.9. The van der Waals surface area contributed by atoms with Crippen LogP contribution in [0.3, 0.4) is 0 Å². The molecule has 13 heavy (non-hydrogen) atoms. The fraction of sp³-hybridized carbons (Fsp3) is 1.00. The van der Waals surface area contributed by atoms with Crippen LogP contribution in [0.2, 0.25) is 0 Å². The van der Waals surface area contributed by atoms with E-state index in [1.54, 1.807) is 0 Å². The van der Waals surface area contributed by atoms with Gasteiger partial charge in [-0.25, -0.2) is 0 Å². The van der Waals surface area contributed by atoms with E-state index in [4.69, 9.17) is 4.18 Å². The average molecular weight is 207 g/mol. The average Bonchev–Trinajstić information content (AvgIpc) is 2.00. The maximum Gasteiger partial charge on any atom is 0.264 e. The molecule has 0 aliphatic carbocycles. The van der Waals surface area contributed by atoms with E-state index >= 15 is 0 Å². The topological polar surface area (TPSA) is 46.6 Å². The summed E-state index contributed by atoms with van der Waals surface area (Å²) in [6.07, 6.45) is 3.30. The van der Waals surface area contributed by atoms with Gasteiger partial charge in [-0.15, -0.1) is 0 Å². The molecule has 0 bridgehead atoms. The molecule has 0 radical (unpaired) electrons. The summed E-state index contributed by atoms with van der Waals surface area (Å²) >= 11 is 0. The first-order valence-corrected chi connectivity index (χ1v) is 6.32. The third kappa shape index (κ3) is 4.59. The van der Waals surface area contributed by atoms with Crippen molar-refractivity contribution in [2.45, 2.75) is 12.8 Å². The lowest BCUT2D eigenvalue weighted by Gasteiger charge is -2.28. The summed E-state index contributed by atoms with van der Waals surface area (Å²) < 4.78 is 26.2. The molecule has 0 aromatic carbocycles. The Morgan fingerprint density at radius 2 is 2.23 bits per heavy atom. The molecule has 0 amide bonds. The molecule has 0 spiro atoms. The van der Waals surface area contributed by atoms with Crippen molar-refractivity contribution in [1.29, 1.82) is 0 Å². The Kier molecular flexibility index (Phi) is 3.70. The molecule has 0 saturated carbocycles. The first-order valence-electron chi connectivity index (χ1n) is 4.50. The van der Waals surface area contributed by atoms with Crippen molar-refractivity contribution in [2.75, 3.05) is 33.0 Å². The molecule has 1 rings (SSSR count). The van der Waals surface area contributed by atoms with Crippen LogP contribution < -0.4 is 0 Å². The van der Waals surface area contributed by atoms with Gasteiger partial charge < -0.3 is 4.90 Å². The summed E-state index contributed by atoms with van der Waals surface area (Å²) in [6, 6.07) is 0. The first-order chi connectivity index (χ1) is 5.97. The van der Waals surface area contributed by atoms with E-state index in [0.29, 0.717) is 12.5 Å². The van der Waals surface area contributed by atoms with Gasteiger partial charge in [-0.05, 0) is 32.4 Å². The minimum Gasteiger partial charge on any atom is -0.306 e. The van der Waals surface area contributed by atoms with Crippen LogP contribution in [-0.2, 0) is 14.3 Å². The molecule has 0 N–H and O–H groups in total. The quantitative estimate of drug-likeness (QED) is 0.625. The second-order valence-corrected chi connectivity index (χ2v) is 5.40. The predicted octanol–water partition coefficient (Wildman–Crippen LogP) is 0.304. The zero-order valence-electron chi connectivity index (χ0n) is 8.19. The number of piperidine rings is 1. The summed E-state index contributed by atoms with van der Waals surface area (Å²) in [5.41, 5.74) is 0. The number of nitrogens with zero attached hydrogens (tertiary/aromatic N) is 1. The lowest BCUT2D eigenvalue weighted by Crippen LogP contribution is -2.34. The van der Waals surface area contributed by atoms with Crippen LogP contribution in [0.4, 0.5) is 0 Å². The molecular weight excluding hydrogens is 190 g/mol. The number of likely N-dealkylation sites (tertiary alicyclic amines) is 1. The summed E-state index contributed by atoms with van der Waals surface area (Å²) in [7, 11) is -1.21. The summed E-state index contributed by atoms with van der Waals surface area (Å²) in [4.78, 5) is 2.21. The van der Waals surface area contributed by atoms with Gasteiger partial charge in [0.2, 0.25) is 0 Å². The van der Waals surface area contributed by atoms with Crippen molar-refractivity contribution in [3.05, 3.63) is 0 Å². The Labute approximate surface area is 80.0 Å². The van der Waals surface area contributed by atoms with Gasteiger partial charge >= 0.3 is 0 Å². The molecule has 5 heteroatoms. The number of hydrogen-bond donors (Lipinski definition) is 0. The molecule has 0 unspecified atom stereocenters. The smallest absolute Gasteiger partial charge is 0.264 e. The fourth-order valence-corrected chi connectivity index (χ4v) is 2.07. The molecule has 78 valence electrons. The van der Waals surface area contributed by atoms with Crippen molar-refractivity contribution in [3.63, 3.8) is 0 Å². The molecule has 1 fully saturated rings. The van der Waals surface area contributed by atoms with E-state index in [2.05, 4.69) is 4.90 Å². The molecule has 1 heterocycles. The second kappa shape index (κ2) is 4.39. The van der Waals surface area contributed by atoms with Crippen molar-refractivity contribution in [1.82, 2.24) is 4.90 Å². The van der Waals surface area contributed by atoms with Gasteiger partial charge in [-0.2, -0.15) is 8.42 Å². The fourth-order valence-electron chi connectivity index (χ4n) is 1.63. The molecule has 1 aliphatic rings. The SMILES string of the molecule is CN1CCC[C@H](COS(C)(=O)=O)C1. The maximum atomic E-state index is 10.7. The molecule has 0 aromatic heterocycles. The van der Waals surface area contributed by atoms with Gasteiger partial charge in [-0.3, -0.25) is 4.18 Å². The molecule has 4 nitrogen and oxygen atoms in total. The molecular formula is C8H17NO3S. The van der Waals surface area contributed by atoms with E-state index in [1.807, 2.05) is 7.05 Å². The van der Waals surface area contributed by atoms with Gasteiger partial charge in [0.05, 0.1) is 12.9 Å². The zero-order valence-corrected chi connectivity index (χ0v) is 9.01. The monoisotopic (exact) mass is 207 g/mol. The second-order valence-electron chi connectivity index (χ2n) is 3.76. The summed E-state index contributed by atoms with van der Waals surface area (Å²) in [6.45, 7) is 2.38. The minimum atomic E-state index is -3.26. The highest BCUT2D eigenvalue weighted by Crippen LogP contribution is 2.15. The van der Waals surface area contributed by atoms with Crippen LogP contribution in [0.5, 0.6) is 0 Å². The third-order valence-electron chi connectivity index (χ3n) is 2.24. The van der Waals surface area contributed by atoms with Crippen molar-refractivity contribution in [3.8, 4) is 0 Å². The minimum absolute atomic E-state index is 0.336. The Balaban J connectivity index is 2.29. The van der Waals surface area contributed by atoms with E-state index in [0.717, 1.165) is 32.2 Å². The Morgan fingerprint density at radius 3 is 2.77 bits per heavy atom. The summed E-state index contributed by atoms with van der Waals surface area (Å²) in [5.74, 6) is 0.369. The van der Waals surface area contributed by atoms with Crippen LogP contribution in [-0.4, -0.2) is 46.3 Å². The lowest BCUT2D eigenvalue weighted by molar-refractivity contribution is 0.154. The van der Waals surface area contributed by atoms with Crippen molar-refractivity contribution >= 4 is 10.1 Å². The van der Waals surface area contributed by atoms with Gasteiger partial charge in [0.25, 0.3) is 10.1 Å². The van der Waals surface area contributed by atoms with E-state index < -0.39 is 10.1 Å². The van der Waals surface area contributed by atoms with Crippen LogP contribution in [0.1, 0.15) is 12.8 Å². The van der Waals surface area contributed by atoms with Crippen molar-refractivity contribution in [2.24, 2.45) is 5.92 Å². The van der Waals surface area contributed by atoms with Crippen LogP contribution >= 0.6 is 0 Å². The summed E-state index contributed by atoms with van der Waals surface area (Å²) in [5, 5.41) is 0. The molecule has 1 atom stereocenters. The highest BCUT2D eigenvalue weighted by molar-refractivity contribution is 7.85. The van der Waals surface area contributed by atoms with Gasteiger partial charge in [-0.1, -0.05) is 0 Å². The maximum absolute atomic E-state index is 10.7. The third-order valence-corrected chi connectivity index (χ3v) is 2.80. The standard InChI is InChI=1S/C8H17NO3S/c1-9-5-3-4-8(6-9)7-12-13(2,10)11/h8H,3-7H2,1-2H3/t8-/m0/s1. The molecule has 0 aromatic rings. The number of hydrogen-bond acceptors (Lipinski definition) is 4. The Morgan fingerprint density at radius 1 is 1.54 bits per heavy atom. The van der Waals surface area contributed by atoms with E-state index in [9.17, 15) is 8.42 Å². The zero-order chi connectivity index (χ0) is 9.90. The van der Waals surface area contributed by atoms with E-state index in [1.165, 1.54) is 0 Å². The normalized spacial score (nSPS) is 26.2. The molecule has 1 saturated heterocycles. The highest BCUT2D eigenvalue weighted by Gasteiger charge is 2.18. The Bertz CT molecular complexity index is 250. The number of rotatable bonds is 3. The van der Waals surface area contributed by atoms with Crippen LogP contribution in [0.25, 0.3) is 0 Å². The van der Waals surface area contributed by atoms with Gasteiger partial charge in [0.1, 0.15) is 0 Å².